The molecule has 3 aromatic carbocycles. The Kier molecular flexibility index (Phi) is 5.89. The third-order valence-electron chi connectivity index (χ3n) is 6.17. The van der Waals surface area contributed by atoms with Gasteiger partial charge in [0.25, 0.3) is 11.7 Å². The molecule has 1 saturated heterocycles. The van der Waals surface area contributed by atoms with Gasteiger partial charge in [0.15, 0.2) is 23.0 Å². The zero-order valence-corrected chi connectivity index (χ0v) is 19.8. The van der Waals surface area contributed by atoms with E-state index in [0.717, 1.165) is 0 Å². The number of Topliss-reactive ketones (excluding diaryl/α,β-unsaturated/α-hetero) is 1. The lowest BCUT2D eigenvalue weighted by Gasteiger charge is -2.26. The van der Waals surface area contributed by atoms with Crippen LogP contribution in [0.5, 0.6) is 28.7 Å². The molecule has 0 saturated carbocycles. The molecule has 1 fully saturated rings. The van der Waals surface area contributed by atoms with Gasteiger partial charge in [-0.15, -0.1) is 0 Å². The Morgan fingerprint density at radius 3 is 2.28 bits per heavy atom. The number of ether oxygens (including phenoxy) is 5. The highest BCUT2D eigenvalue weighted by molar-refractivity contribution is 6.51. The number of carbonyl (C=O) groups excluding carboxylic acids is 2. The lowest BCUT2D eigenvalue weighted by atomic mass is 9.94. The molecule has 0 radical (unpaired) electrons. The van der Waals surface area contributed by atoms with Gasteiger partial charge < -0.3 is 28.8 Å². The molecule has 0 spiro atoms. The molecule has 1 atom stereocenters. The van der Waals surface area contributed by atoms with Crippen molar-refractivity contribution in [2.75, 3.05) is 33.0 Å². The highest BCUT2D eigenvalue weighted by atomic mass is 16.7. The first-order valence-electron chi connectivity index (χ1n) is 11.0. The van der Waals surface area contributed by atoms with Crippen LogP contribution in [-0.2, 0) is 9.59 Å². The molecule has 0 aromatic heterocycles. The average molecular weight is 489 g/mol. The first kappa shape index (κ1) is 23.1. The van der Waals surface area contributed by atoms with E-state index in [1.165, 1.54) is 26.2 Å². The predicted octanol–water partition coefficient (Wildman–Crippen LogP) is 4.07. The molecule has 0 bridgehead atoms. The number of anilines is 1. The summed E-state index contributed by atoms with van der Waals surface area (Å²) in [4.78, 5) is 28.1. The number of hydrogen-bond acceptors (Lipinski definition) is 8. The molecule has 9 heteroatoms. The van der Waals surface area contributed by atoms with Gasteiger partial charge in [-0.25, -0.2) is 0 Å². The minimum Gasteiger partial charge on any atom is -0.507 e. The summed E-state index contributed by atoms with van der Waals surface area (Å²) in [7, 11) is 4.54. The van der Waals surface area contributed by atoms with Crippen molar-refractivity contribution in [1.29, 1.82) is 0 Å². The minimum atomic E-state index is -0.952. The number of fused-ring (bicyclic) bond motifs is 1. The van der Waals surface area contributed by atoms with Crippen molar-refractivity contribution in [3.8, 4) is 28.7 Å². The van der Waals surface area contributed by atoms with Crippen molar-refractivity contribution >= 4 is 23.1 Å². The monoisotopic (exact) mass is 489 g/mol. The van der Waals surface area contributed by atoms with Crippen LogP contribution >= 0.6 is 0 Å². The normalized spacial score (nSPS) is 17.9. The molecule has 36 heavy (non-hydrogen) atoms. The van der Waals surface area contributed by atoms with Gasteiger partial charge in [0, 0.05) is 17.3 Å². The van der Waals surface area contributed by atoms with Gasteiger partial charge in [0.1, 0.15) is 11.5 Å². The molecule has 2 heterocycles. The lowest BCUT2D eigenvalue weighted by molar-refractivity contribution is -0.132. The first-order chi connectivity index (χ1) is 17.5. The summed E-state index contributed by atoms with van der Waals surface area (Å²) in [6.07, 6.45) is 0. The molecule has 1 N–H and O–H groups in total. The molecular weight excluding hydrogens is 466 g/mol. The quantitative estimate of drug-likeness (QED) is 0.314. The second kappa shape index (κ2) is 9.18. The van der Waals surface area contributed by atoms with Crippen LogP contribution in [0.1, 0.15) is 17.2 Å². The van der Waals surface area contributed by atoms with E-state index < -0.39 is 17.7 Å². The van der Waals surface area contributed by atoms with E-state index >= 15 is 0 Å². The maximum atomic E-state index is 13.4. The molecule has 0 aliphatic carbocycles. The number of amides is 1. The van der Waals surface area contributed by atoms with Gasteiger partial charge in [-0.05, 0) is 54.1 Å². The first-order valence-corrected chi connectivity index (χ1v) is 11.0. The Morgan fingerprint density at radius 1 is 0.861 bits per heavy atom. The van der Waals surface area contributed by atoms with Crippen LogP contribution in [-0.4, -0.2) is 44.9 Å². The Hall–Kier alpha value is -4.66. The van der Waals surface area contributed by atoms with Crippen LogP contribution in [0.25, 0.3) is 5.76 Å². The molecule has 1 unspecified atom stereocenters. The van der Waals surface area contributed by atoms with Gasteiger partial charge in [-0.1, -0.05) is 6.07 Å². The zero-order chi connectivity index (χ0) is 25.4. The minimum absolute atomic E-state index is 0.0601. The molecule has 2 aliphatic heterocycles. The van der Waals surface area contributed by atoms with Crippen molar-refractivity contribution in [3.63, 3.8) is 0 Å². The van der Waals surface area contributed by atoms with Gasteiger partial charge in [-0.3, -0.25) is 14.5 Å². The standard InChI is InChI=1S/C27H23NO8/c1-32-18-8-4-15(5-9-18)25(29)23-24(16-6-10-19(33-2)21(12-16)34-3)28(27(31)26(23)30)17-7-11-20-22(13-17)36-14-35-20/h4-13,24,29H,14H2,1-3H3/b25-23+. The number of hydrogen-bond donors (Lipinski definition) is 1. The topological polar surface area (TPSA) is 104 Å². The molecule has 2 aliphatic rings. The summed E-state index contributed by atoms with van der Waals surface area (Å²) >= 11 is 0. The second-order valence-electron chi connectivity index (χ2n) is 8.05. The van der Waals surface area contributed by atoms with Crippen LogP contribution in [0.2, 0.25) is 0 Å². The van der Waals surface area contributed by atoms with Crippen molar-refractivity contribution in [2.45, 2.75) is 6.04 Å². The largest absolute Gasteiger partial charge is 0.507 e. The van der Waals surface area contributed by atoms with E-state index in [2.05, 4.69) is 0 Å². The van der Waals surface area contributed by atoms with Crippen LogP contribution < -0.4 is 28.6 Å². The fourth-order valence-electron chi connectivity index (χ4n) is 4.38. The van der Waals surface area contributed by atoms with E-state index in [1.54, 1.807) is 60.7 Å². The van der Waals surface area contributed by atoms with Crippen LogP contribution in [0.4, 0.5) is 5.69 Å². The fraction of sp³-hybridized carbons (Fsp3) is 0.185. The number of rotatable bonds is 6. The van der Waals surface area contributed by atoms with Crippen molar-refractivity contribution in [2.24, 2.45) is 0 Å². The summed E-state index contributed by atoms with van der Waals surface area (Å²) < 4.78 is 26.9. The van der Waals surface area contributed by atoms with Crippen molar-refractivity contribution in [3.05, 3.63) is 77.4 Å². The number of aliphatic hydroxyl groups is 1. The fourth-order valence-corrected chi connectivity index (χ4v) is 4.38. The highest BCUT2D eigenvalue weighted by Gasteiger charge is 2.47. The molecule has 9 nitrogen and oxygen atoms in total. The molecule has 5 rings (SSSR count). The summed E-state index contributed by atoms with van der Waals surface area (Å²) in [6, 6.07) is 15.7. The number of benzene rings is 3. The number of nitrogens with zero attached hydrogens (tertiary/aromatic N) is 1. The Balaban J connectivity index is 1.71. The van der Waals surface area contributed by atoms with E-state index in [-0.39, 0.29) is 18.1 Å². The van der Waals surface area contributed by atoms with E-state index in [0.29, 0.717) is 45.6 Å². The van der Waals surface area contributed by atoms with Gasteiger partial charge in [0.2, 0.25) is 6.79 Å². The second-order valence-corrected chi connectivity index (χ2v) is 8.05. The van der Waals surface area contributed by atoms with Crippen molar-refractivity contribution < 1.29 is 38.4 Å². The van der Waals surface area contributed by atoms with E-state index in [9.17, 15) is 14.7 Å². The number of ketones is 1. The van der Waals surface area contributed by atoms with Crippen molar-refractivity contribution in [1.82, 2.24) is 0 Å². The summed E-state index contributed by atoms with van der Waals surface area (Å²) in [6.45, 7) is 0.0637. The molecule has 1 amide bonds. The van der Waals surface area contributed by atoms with Crippen LogP contribution in [0.15, 0.2) is 66.2 Å². The number of methoxy groups -OCH3 is 3. The van der Waals surface area contributed by atoms with Crippen LogP contribution in [0.3, 0.4) is 0 Å². The Morgan fingerprint density at radius 2 is 1.58 bits per heavy atom. The average Bonchev–Trinajstić information content (AvgIpc) is 3.49. The SMILES string of the molecule is COc1ccc(/C(O)=C2\C(=O)C(=O)N(c3ccc4c(c3)OCO4)C2c2ccc(OC)c(OC)c2)cc1. The predicted molar refractivity (Wildman–Crippen MR) is 130 cm³/mol. The summed E-state index contributed by atoms with van der Waals surface area (Å²) in [5.74, 6) is 0.561. The number of carbonyl (C=O) groups is 2. The van der Waals surface area contributed by atoms with E-state index in [1.807, 2.05) is 0 Å². The maximum absolute atomic E-state index is 13.4. The van der Waals surface area contributed by atoms with E-state index in [4.69, 9.17) is 23.7 Å². The smallest absolute Gasteiger partial charge is 0.300 e. The number of aliphatic hydroxyl groups excluding tert-OH is 1. The summed E-state index contributed by atoms with van der Waals surface area (Å²) in [5.41, 5.74) is 1.26. The summed E-state index contributed by atoms with van der Waals surface area (Å²) in [5, 5.41) is 11.3. The lowest BCUT2D eigenvalue weighted by Crippen LogP contribution is -2.29. The molecule has 184 valence electrons. The Labute approximate surface area is 207 Å². The van der Waals surface area contributed by atoms with Gasteiger partial charge in [-0.2, -0.15) is 0 Å². The molecule has 3 aromatic rings. The zero-order valence-electron chi connectivity index (χ0n) is 19.8. The van der Waals surface area contributed by atoms with Gasteiger partial charge >= 0.3 is 0 Å². The Bertz CT molecular complexity index is 1380. The third kappa shape index (κ3) is 3.74. The molecular formula is C27H23NO8. The van der Waals surface area contributed by atoms with Gasteiger partial charge in [0.05, 0.1) is 32.9 Å². The third-order valence-corrected chi connectivity index (χ3v) is 6.17. The maximum Gasteiger partial charge on any atom is 0.300 e. The highest BCUT2D eigenvalue weighted by Crippen LogP contribution is 2.46. The van der Waals surface area contributed by atoms with Crippen LogP contribution in [0, 0.1) is 0 Å².